The maximum absolute atomic E-state index is 12.4. The zero-order chi connectivity index (χ0) is 29.7. The first-order chi connectivity index (χ1) is 19.2. The number of carbonyl (C=O) groups is 1. The number of fused-ring (bicyclic) bond motifs is 5. The second-order valence-corrected chi connectivity index (χ2v) is 13.8. The number of ether oxygens (including phenoxy) is 3. The average Bonchev–Trinajstić information content (AvgIpc) is 3.45. The fraction of sp³-hybridized carbons (Fsp3) is 0.897. The Balaban J connectivity index is -0.00000264. The largest absolute Gasteiger partial charge is 0.458 e. The summed E-state index contributed by atoms with van der Waals surface area (Å²) in [6.07, 6.45) is -6.68. The molecule has 4 aliphatic carbocycles. The Morgan fingerprint density at radius 2 is 1.49 bits per heavy atom. The molecular weight excluding hydrogens is 668 g/mol. The molecule has 0 bridgehead atoms. The fourth-order valence-corrected chi connectivity index (χ4v) is 10.1. The molecule has 49 heavy (non-hydrogen) atoms. The fourth-order valence-electron chi connectivity index (χ4n) is 10.1. The number of rotatable bonds is 4. The van der Waals surface area contributed by atoms with Crippen LogP contribution < -0.4 is 0 Å². The number of aliphatic hydroxyl groups excluding tert-OH is 6. The van der Waals surface area contributed by atoms with Crippen LogP contribution in [0.4, 0.5) is 0 Å². The van der Waals surface area contributed by atoms with Crippen LogP contribution in [0.25, 0.3) is 0 Å². The van der Waals surface area contributed by atoms with Crippen LogP contribution in [0.3, 0.4) is 0 Å². The second-order valence-electron chi connectivity index (χ2n) is 13.8. The van der Waals surface area contributed by atoms with Crippen LogP contribution in [0, 0.1) is 28.6 Å². The highest BCUT2D eigenvalue weighted by Gasteiger charge is 2.75. The topological polar surface area (TPSA) is 459 Å². The average molecular weight is 729 g/mol. The van der Waals surface area contributed by atoms with Gasteiger partial charge in [-0.3, -0.25) is 0 Å². The summed E-state index contributed by atoms with van der Waals surface area (Å²) in [5, 5.41) is 89.6. The van der Waals surface area contributed by atoms with Crippen LogP contribution in [0.5, 0.6) is 0 Å². The summed E-state index contributed by atoms with van der Waals surface area (Å²) in [7, 11) is 0. The number of hydrogen-bond acceptors (Lipinski definition) is 12. The molecule has 0 unspecified atom stereocenters. The van der Waals surface area contributed by atoms with Crippen LogP contribution >= 0.6 is 0 Å². The lowest BCUT2D eigenvalue weighted by Gasteiger charge is -2.68. The molecule has 0 aromatic rings. The third-order valence-electron chi connectivity index (χ3n) is 12.2. The number of carbonyl (C=O) groups excluding carboxylic acids is 1. The van der Waals surface area contributed by atoms with E-state index in [1.165, 1.54) is 13.0 Å². The van der Waals surface area contributed by atoms with E-state index in [1.807, 2.05) is 6.92 Å². The minimum Gasteiger partial charge on any atom is -0.458 e. The lowest BCUT2D eigenvalue weighted by Crippen LogP contribution is -2.76. The summed E-state index contributed by atoms with van der Waals surface area (Å²) < 4.78 is 16.7. The van der Waals surface area contributed by atoms with E-state index in [1.54, 1.807) is 0 Å². The van der Waals surface area contributed by atoms with Crippen LogP contribution in [0.15, 0.2) is 11.6 Å². The Labute approximate surface area is 282 Å². The molecule has 15 atom stereocenters. The lowest BCUT2D eigenvalue weighted by atomic mass is 9.40. The van der Waals surface area contributed by atoms with Gasteiger partial charge >= 0.3 is 5.97 Å². The normalized spacial score (nSPS) is 47.6. The quantitative estimate of drug-likeness (QED) is 0.0988. The lowest BCUT2D eigenvalue weighted by molar-refractivity contribution is -0.342. The van der Waals surface area contributed by atoms with E-state index in [2.05, 4.69) is 0 Å². The van der Waals surface area contributed by atoms with Crippen molar-refractivity contribution in [2.75, 3.05) is 13.2 Å². The molecule has 5 fully saturated rings. The Bertz CT molecular complexity index is 1100. The molecule has 0 radical (unpaired) electrons. The molecule has 0 spiro atoms. The van der Waals surface area contributed by atoms with E-state index in [9.17, 15) is 45.6 Å². The van der Waals surface area contributed by atoms with Gasteiger partial charge in [0.2, 0.25) is 0 Å². The van der Waals surface area contributed by atoms with Crippen LogP contribution in [-0.2, 0) is 19.0 Å². The Morgan fingerprint density at radius 1 is 0.878 bits per heavy atom. The van der Waals surface area contributed by atoms with Gasteiger partial charge in [0.05, 0.1) is 47.6 Å². The molecule has 6 aliphatic rings. The highest BCUT2D eigenvalue weighted by molar-refractivity contribution is 5.85. The Hall–Kier alpha value is -1.51. The molecule has 20 heteroatoms. The molecule has 0 aromatic heterocycles. The number of aliphatic hydroxyl groups is 8. The molecule has 6 rings (SSSR count). The van der Waals surface area contributed by atoms with Gasteiger partial charge < -0.3 is 98.9 Å². The third-order valence-corrected chi connectivity index (χ3v) is 12.2. The maximum atomic E-state index is 12.4. The van der Waals surface area contributed by atoms with Gasteiger partial charge in [-0.05, 0) is 56.4 Å². The van der Waals surface area contributed by atoms with E-state index >= 15 is 0 Å². The summed E-state index contributed by atoms with van der Waals surface area (Å²) in [5.74, 6) is -1.93. The SMILES string of the molecule is C[C@@H]1O[C@H](O[C@H]2C[C@@H](O)[C@@]3(CO)[C@H]4[C@@H](O)C[C@]5(C)[C@@H](C6=CC(=O)OC6)CC[C@]5(O)[C@H]4CC[C@]3(O)C2)[C@@H](O)[C@H](O)[C@@H]1O.O.O.O.O.O.O.O.O. The van der Waals surface area contributed by atoms with Crippen molar-refractivity contribution in [3.8, 4) is 0 Å². The summed E-state index contributed by atoms with van der Waals surface area (Å²) >= 11 is 0. The van der Waals surface area contributed by atoms with Gasteiger partial charge in [-0.1, -0.05) is 6.92 Å². The first kappa shape index (κ1) is 51.9. The molecule has 4 saturated carbocycles. The van der Waals surface area contributed by atoms with Crippen LogP contribution in [0.1, 0.15) is 58.8 Å². The number of cyclic esters (lactones) is 1. The molecular formula is C29H60O20. The van der Waals surface area contributed by atoms with E-state index < -0.39 is 95.5 Å². The van der Waals surface area contributed by atoms with Crippen molar-refractivity contribution in [1.29, 1.82) is 0 Å². The van der Waals surface area contributed by atoms with Crippen LogP contribution in [-0.4, -0.2) is 164 Å². The van der Waals surface area contributed by atoms with Gasteiger partial charge in [-0.25, -0.2) is 4.79 Å². The predicted octanol–water partition coefficient (Wildman–Crippen LogP) is -8.11. The van der Waals surface area contributed by atoms with Crippen molar-refractivity contribution in [3.63, 3.8) is 0 Å². The molecule has 0 aromatic carbocycles. The molecule has 24 N–H and O–H groups in total. The summed E-state index contributed by atoms with van der Waals surface area (Å²) in [6, 6.07) is 0. The standard InChI is InChI=1S/C29H44O12.8H2O/c1-13-22(34)23(35)24(36)25(40-13)41-15-8-19(32)28(12-30)21-17(3-5-27(28,37)9-15)29(38)6-4-16(14-7-20(33)39-11-14)26(29,2)10-18(21)31;;;;;;;;/h7,13,15-19,21-25,30-32,34-38H,3-6,8-12H2,1-2H3;8*1H2/t13-,15-,16+,17-,18-,19+,21+,22+,23+,24-,25+,26+,27-,28-,29-;;;;;;;;/m0......../s1. The Kier molecular flexibility index (Phi) is 18.3. The number of hydrogen-bond donors (Lipinski definition) is 8. The van der Waals surface area contributed by atoms with E-state index in [4.69, 9.17) is 14.2 Å². The first-order valence-electron chi connectivity index (χ1n) is 14.9. The van der Waals surface area contributed by atoms with Gasteiger partial charge in [0.25, 0.3) is 0 Å². The summed E-state index contributed by atoms with van der Waals surface area (Å²) in [5.41, 5.74) is -4.46. The zero-order valence-electron chi connectivity index (χ0n) is 27.5. The molecule has 0 amide bonds. The molecule has 296 valence electrons. The molecule has 2 heterocycles. The number of esters is 1. The predicted molar refractivity (Wildman–Crippen MR) is 168 cm³/mol. The van der Waals surface area contributed by atoms with Crippen LogP contribution in [0.2, 0.25) is 0 Å². The van der Waals surface area contributed by atoms with Gasteiger partial charge in [0, 0.05) is 30.3 Å². The van der Waals surface area contributed by atoms with Crippen molar-refractivity contribution < 1.29 is 104 Å². The molecule has 1 saturated heterocycles. The smallest absolute Gasteiger partial charge is 0.331 e. The van der Waals surface area contributed by atoms with Gasteiger partial charge in [-0.2, -0.15) is 0 Å². The van der Waals surface area contributed by atoms with Gasteiger partial charge in [0.15, 0.2) is 6.29 Å². The van der Waals surface area contributed by atoms with Crippen molar-refractivity contribution in [2.45, 2.75) is 119 Å². The first-order valence-corrected chi connectivity index (χ1v) is 14.9. The summed E-state index contributed by atoms with van der Waals surface area (Å²) in [6.45, 7) is 3.00. The summed E-state index contributed by atoms with van der Waals surface area (Å²) in [4.78, 5) is 11.8. The maximum Gasteiger partial charge on any atom is 0.331 e. The highest BCUT2D eigenvalue weighted by atomic mass is 16.7. The van der Waals surface area contributed by atoms with Crippen molar-refractivity contribution in [1.82, 2.24) is 0 Å². The van der Waals surface area contributed by atoms with E-state index in [0.29, 0.717) is 19.3 Å². The molecule has 2 aliphatic heterocycles. The van der Waals surface area contributed by atoms with Crippen molar-refractivity contribution in [3.05, 3.63) is 11.6 Å². The van der Waals surface area contributed by atoms with Gasteiger partial charge in [0.1, 0.15) is 24.9 Å². The van der Waals surface area contributed by atoms with Crippen molar-refractivity contribution >= 4 is 5.97 Å². The zero-order valence-corrected chi connectivity index (χ0v) is 27.5. The van der Waals surface area contributed by atoms with E-state index in [-0.39, 0.29) is 82.0 Å². The third kappa shape index (κ3) is 7.02. The minimum absolute atomic E-state index is 0. The van der Waals surface area contributed by atoms with Crippen molar-refractivity contribution in [2.24, 2.45) is 28.6 Å². The van der Waals surface area contributed by atoms with Gasteiger partial charge in [-0.15, -0.1) is 0 Å². The highest BCUT2D eigenvalue weighted by Crippen LogP contribution is 2.70. The Morgan fingerprint density at radius 3 is 2.04 bits per heavy atom. The second kappa shape index (κ2) is 17.3. The monoisotopic (exact) mass is 728 g/mol. The molecule has 20 nitrogen and oxygen atoms in total. The van der Waals surface area contributed by atoms with E-state index in [0.717, 1.165) is 5.57 Å². The minimum atomic E-state index is -1.67.